The topological polar surface area (TPSA) is 24.9 Å². The first kappa shape index (κ1) is 13.8. The van der Waals surface area contributed by atoms with Gasteiger partial charge in [-0.15, -0.1) is 0 Å². The molecule has 100 valence electrons. The maximum Gasteiger partial charge on any atom is 0.0315 e. The molecule has 2 nitrogen and oxygen atoms in total. The second kappa shape index (κ2) is 5.98. The maximum atomic E-state index is 4.17. The molecule has 2 heteroatoms. The first-order chi connectivity index (χ1) is 9.08. The summed E-state index contributed by atoms with van der Waals surface area (Å²) in [7, 11) is 0. The number of hydrogen-bond donors (Lipinski definition) is 1. The molecule has 0 aliphatic rings. The van der Waals surface area contributed by atoms with E-state index in [1.807, 2.05) is 12.4 Å². The number of nitrogens with zero attached hydrogens (tertiary/aromatic N) is 1. The van der Waals surface area contributed by atoms with Crippen LogP contribution < -0.4 is 5.32 Å². The summed E-state index contributed by atoms with van der Waals surface area (Å²) in [6, 6.07) is 6.60. The van der Waals surface area contributed by atoms with Gasteiger partial charge >= 0.3 is 0 Å². The third-order valence-electron chi connectivity index (χ3n) is 3.73. The molecule has 1 heterocycles. The van der Waals surface area contributed by atoms with Gasteiger partial charge in [0.2, 0.25) is 0 Å². The third-order valence-corrected chi connectivity index (χ3v) is 3.73. The van der Waals surface area contributed by atoms with Crippen molar-refractivity contribution in [3.8, 4) is 0 Å². The van der Waals surface area contributed by atoms with Gasteiger partial charge in [-0.1, -0.05) is 12.1 Å². The highest BCUT2D eigenvalue weighted by molar-refractivity contribution is 5.36. The Morgan fingerprint density at radius 1 is 0.842 bits per heavy atom. The van der Waals surface area contributed by atoms with Crippen LogP contribution in [0.5, 0.6) is 0 Å². The van der Waals surface area contributed by atoms with Crippen molar-refractivity contribution in [1.29, 1.82) is 0 Å². The zero-order valence-electron chi connectivity index (χ0n) is 12.2. The maximum absolute atomic E-state index is 4.17. The molecule has 0 atom stereocenters. The second-order valence-electron chi connectivity index (χ2n) is 5.27. The average molecular weight is 254 g/mol. The number of rotatable bonds is 4. The van der Waals surface area contributed by atoms with Gasteiger partial charge in [-0.25, -0.2) is 0 Å². The van der Waals surface area contributed by atoms with Crippen LogP contribution in [0.3, 0.4) is 0 Å². The van der Waals surface area contributed by atoms with Crippen LogP contribution in [-0.2, 0) is 13.1 Å². The van der Waals surface area contributed by atoms with Crippen molar-refractivity contribution in [1.82, 2.24) is 10.3 Å². The lowest BCUT2D eigenvalue weighted by molar-refractivity contribution is 0.685. The lowest BCUT2D eigenvalue weighted by Crippen LogP contribution is -2.14. The molecule has 1 aromatic heterocycles. The van der Waals surface area contributed by atoms with Crippen LogP contribution in [0.4, 0.5) is 0 Å². The van der Waals surface area contributed by atoms with E-state index in [0.717, 1.165) is 13.1 Å². The Balaban J connectivity index is 2.00. The van der Waals surface area contributed by atoms with Gasteiger partial charge in [0.15, 0.2) is 0 Å². The highest BCUT2D eigenvalue weighted by Gasteiger charge is 2.02. The third kappa shape index (κ3) is 3.42. The minimum Gasteiger partial charge on any atom is -0.309 e. The Labute approximate surface area is 115 Å². The van der Waals surface area contributed by atoms with Crippen LogP contribution in [0.1, 0.15) is 33.4 Å². The van der Waals surface area contributed by atoms with Gasteiger partial charge < -0.3 is 5.32 Å². The van der Waals surface area contributed by atoms with Gasteiger partial charge in [0.25, 0.3) is 0 Å². The van der Waals surface area contributed by atoms with Gasteiger partial charge in [0.1, 0.15) is 0 Å². The van der Waals surface area contributed by atoms with Gasteiger partial charge in [0, 0.05) is 25.5 Å². The van der Waals surface area contributed by atoms with Gasteiger partial charge in [0.05, 0.1) is 0 Å². The SMILES string of the molecule is Cc1cc(C)c(CNCc2cnccc2C)cc1C. The van der Waals surface area contributed by atoms with Crippen molar-refractivity contribution in [2.75, 3.05) is 0 Å². The number of hydrogen-bond acceptors (Lipinski definition) is 2. The Kier molecular flexibility index (Phi) is 4.33. The predicted octanol–water partition coefficient (Wildman–Crippen LogP) is 3.61. The Morgan fingerprint density at radius 2 is 1.53 bits per heavy atom. The molecular formula is C17H22N2. The number of benzene rings is 1. The van der Waals surface area contributed by atoms with Crippen LogP contribution in [0.25, 0.3) is 0 Å². The molecule has 2 aromatic rings. The van der Waals surface area contributed by atoms with E-state index < -0.39 is 0 Å². The van der Waals surface area contributed by atoms with Crippen molar-refractivity contribution in [3.63, 3.8) is 0 Å². The van der Waals surface area contributed by atoms with E-state index in [-0.39, 0.29) is 0 Å². The summed E-state index contributed by atoms with van der Waals surface area (Å²) < 4.78 is 0. The zero-order chi connectivity index (χ0) is 13.8. The lowest BCUT2D eigenvalue weighted by Gasteiger charge is -2.11. The van der Waals surface area contributed by atoms with Crippen LogP contribution >= 0.6 is 0 Å². The predicted molar refractivity (Wildman–Crippen MR) is 80.2 cm³/mol. The van der Waals surface area contributed by atoms with Gasteiger partial charge in [-0.2, -0.15) is 0 Å². The van der Waals surface area contributed by atoms with Crippen molar-refractivity contribution >= 4 is 0 Å². The fourth-order valence-corrected chi connectivity index (χ4v) is 2.22. The standard InChI is InChI=1S/C17H22N2/c1-12-5-6-18-10-17(12)11-19-9-16-8-14(3)13(2)7-15(16)4/h5-8,10,19H,9,11H2,1-4H3. The molecule has 0 radical (unpaired) electrons. The molecule has 1 N–H and O–H groups in total. The van der Waals surface area contributed by atoms with E-state index in [2.05, 4.69) is 56.2 Å². The summed E-state index contributed by atoms with van der Waals surface area (Å²) in [6.07, 6.45) is 3.78. The van der Waals surface area contributed by atoms with E-state index in [1.165, 1.54) is 33.4 Å². The number of pyridine rings is 1. The smallest absolute Gasteiger partial charge is 0.0315 e. The van der Waals surface area contributed by atoms with Crippen LogP contribution in [0.2, 0.25) is 0 Å². The van der Waals surface area contributed by atoms with Crippen LogP contribution in [0.15, 0.2) is 30.6 Å². The summed E-state index contributed by atoms with van der Waals surface area (Å²) in [5.41, 5.74) is 8.02. The van der Waals surface area contributed by atoms with E-state index in [1.54, 1.807) is 0 Å². The fraction of sp³-hybridized carbons (Fsp3) is 0.353. The molecule has 0 fully saturated rings. The van der Waals surface area contributed by atoms with E-state index >= 15 is 0 Å². The zero-order valence-corrected chi connectivity index (χ0v) is 12.2. The van der Waals surface area contributed by atoms with E-state index in [9.17, 15) is 0 Å². The van der Waals surface area contributed by atoms with Gasteiger partial charge in [-0.05, 0) is 67.1 Å². The molecule has 0 amide bonds. The molecule has 0 saturated heterocycles. The average Bonchev–Trinajstić information content (AvgIpc) is 2.38. The minimum absolute atomic E-state index is 0.867. The Hall–Kier alpha value is -1.67. The quantitative estimate of drug-likeness (QED) is 0.901. The van der Waals surface area contributed by atoms with E-state index in [4.69, 9.17) is 0 Å². The molecule has 0 bridgehead atoms. The van der Waals surface area contributed by atoms with Crippen LogP contribution in [-0.4, -0.2) is 4.98 Å². The van der Waals surface area contributed by atoms with Crippen molar-refractivity contribution in [3.05, 3.63) is 64.0 Å². The molecule has 0 unspecified atom stereocenters. The summed E-state index contributed by atoms with van der Waals surface area (Å²) in [6.45, 7) is 10.4. The van der Waals surface area contributed by atoms with Crippen LogP contribution in [0, 0.1) is 27.7 Å². The summed E-state index contributed by atoms with van der Waals surface area (Å²) in [5, 5.41) is 3.51. The Morgan fingerprint density at radius 3 is 2.26 bits per heavy atom. The van der Waals surface area contributed by atoms with Gasteiger partial charge in [-0.3, -0.25) is 4.98 Å². The second-order valence-corrected chi connectivity index (χ2v) is 5.27. The monoisotopic (exact) mass is 254 g/mol. The molecule has 0 aliphatic carbocycles. The summed E-state index contributed by atoms with van der Waals surface area (Å²) in [5.74, 6) is 0. The number of aromatic nitrogens is 1. The molecule has 0 spiro atoms. The number of aryl methyl sites for hydroxylation is 4. The molecular weight excluding hydrogens is 232 g/mol. The molecule has 1 aromatic carbocycles. The highest BCUT2D eigenvalue weighted by Crippen LogP contribution is 2.15. The van der Waals surface area contributed by atoms with Crippen molar-refractivity contribution < 1.29 is 0 Å². The van der Waals surface area contributed by atoms with Crippen molar-refractivity contribution in [2.45, 2.75) is 40.8 Å². The first-order valence-corrected chi connectivity index (χ1v) is 6.75. The normalized spacial score (nSPS) is 10.7. The molecule has 2 rings (SSSR count). The summed E-state index contributed by atoms with van der Waals surface area (Å²) >= 11 is 0. The first-order valence-electron chi connectivity index (χ1n) is 6.75. The highest BCUT2D eigenvalue weighted by atomic mass is 14.9. The van der Waals surface area contributed by atoms with Crippen molar-refractivity contribution in [2.24, 2.45) is 0 Å². The summed E-state index contributed by atoms with van der Waals surface area (Å²) in [4.78, 5) is 4.17. The Bertz CT molecular complexity index is 573. The molecule has 0 saturated carbocycles. The molecule has 0 aliphatic heterocycles. The minimum atomic E-state index is 0.867. The molecule has 19 heavy (non-hydrogen) atoms. The largest absolute Gasteiger partial charge is 0.309 e. The fourth-order valence-electron chi connectivity index (χ4n) is 2.22. The lowest BCUT2D eigenvalue weighted by atomic mass is 10.0. The number of nitrogens with one attached hydrogen (secondary N) is 1. The van der Waals surface area contributed by atoms with E-state index in [0.29, 0.717) is 0 Å².